The maximum atomic E-state index is 12.8. The lowest BCUT2D eigenvalue weighted by atomic mass is 9.93. The predicted octanol–water partition coefficient (Wildman–Crippen LogP) is 4.63. The molecule has 0 saturated heterocycles. The van der Waals surface area contributed by atoms with Gasteiger partial charge in [-0.1, -0.05) is 18.2 Å². The molecule has 2 aromatic heterocycles. The molecule has 2 N–H and O–H groups in total. The fraction of sp³-hybridized carbons (Fsp3) is 0.125. The Hall–Kier alpha value is -4.71. The molecule has 0 aliphatic carbocycles. The second kappa shape index (κ2) is 8.43. The number of aromatic nitrogens is 3. The van der Waals surface area contributed by atoms with Gasteiger partial charge in [-0.05, 0) is 30.3 Å². The molecule has 0 bridgehead atoms. The summed E-state index contributed by atoms with van der Waals surface area (Å²) in [4.78, 5) is 31.4. The van der Waals surface area contributed by atoms with Crippen molar-refractivity contribution in [1.82, 2.24) is 14.6 Å². The molecule has 33 heavy (non-hydrogen) atoms. The van der Waals surface area contributed by atoms with Crippen LogP contribution in [0.1, 0.15) is 40.3 Å². The average Bonchev–Trinajstić information content (AvgIpc) is 3.23. The molecule has 4 aromatic rings. The van der Waals surface area contributed by atoms with Gasteiger partial charge in [0.25, 0.3) is 11.4 Å². The van der Waals surface area contributed by atoms with Crippen LogP contribution >= 0.6 is 0 Å². The highest BCUT2D eigenvalue weighted by molar-refractivity contribution is 6.04. The zero-order valence-electron chi connectivity index (χ0n) is 17.8. The summed E-state index contributed by atoms with van der Waals surface area (Å²) >= 11 is 0. The number of rotatable bonds is 6. The van der Waals surface area contributed by atoms with Gasteiger partial charge < -0.3 is 20.0 Å². The van der Waals surface area contributed by atoms with E-state index in [-0.39, 0.29) is 17.5 Å². The fourth-order valence-electron chi connectivity index (χ4n) is 3.09. The van der Waals surface area contributed by atoms with Crippen LogP contribution in [-0.2, 0) is 5.54 Å². The molecule has 4 rings (SSSR count). The van der Waals surface area contributed by atoms with Gasteiger partial charge in [0.1, 0.15) is 5.75 Å². The maximum absolute atomic E-state index is 12.8. The third-order valence-corrected chi connectivity index (χ3v) is 4.94. The molecule has 9 nitrogen and oxygen atoms in total. The van der Waals surface area contributed by atoms with Crippen molar-refractivity contribution in [2.45, 2.75) is 19.4 Å². The zero-order chi connectivity index (χ0) is 23.6. The second-order valence-electron chi connectivity index (χ2n) is 7.74. The normalized spacial score (nSPS) is 11.1. The number of ether oxygens (including phenoxy) is 1. The van der Waals surface area contributed by atoms with E-state index in [1.165, 1.54) is 10.7 Å². The highest BCUT2D eigenvalue weighted by Crippen LogP contribution is 2.26. The van der Waals surface area contributed by atoms with E-state index in [2.05, 4.69) is 20.2 Å². The van der Waals surface area contributed by atoms with Crippen LogP contribution in [0.15, 0.2) is 66.9 Å². The Bertz CT molecular complexity index is 1420. The molecule has 2 aromatic carbocycles. The van der Waals surface area contributed by atoms with Crippen LogP contribution in [0.25, 0.3) is 10.5 Å². The van der Waals surface area contributed by atoms with Crippen molar-refractivity contribution in [3.05, 3.63) is 95.1 Å². The largest absolute Gasteiger partial charge is 0.476 e. The van der Waals surface area contributed by atoms with E-state index >= 15 is 0 Å². The van der Waals surface area contributed by atoms with E-state index in [0.29, 0.717) is 22.6 Å². The van der Waals surface area contributed by atoms with Crippen molar-refractivity contribution in [3.63, 3.8) is 0 Å². The lowest BCUT2D eigenvalue weighted by Crippen LogP contribution is -2.15. The van der Waals surface area contributed by atoms with Gasteiger partial charge in [0.15, 0.2) is 11.3 Å². The Kier molecular flexibility index (Phi) is 5.50. The Morgan fingerprint density at radius 2 is 1.91 bits per heavy atom. The van der Waals surface area contributed by atoms with Crippen LogP contribution in [0.4, 0.5) is 5.69 Å². The van der Waals surface area contributed by atoms with Crippen molar-refractivity contribution in [1.29, 1.82) is 0 Å². The van der Waals surface area contributed by atoms with Gasteiger partial charge >= 0.3 is 5.97 Å². The van der Waals surface area contributed by atoms with Gasteiger partial charge in [0.2, 0.25) is 5.88 Å². The minimum absolute atomic E-state index is 0.117. The number of benzene rings is 2. The number of anilines is 1. The first-order valence-corrected chi connectivity index (χ1v) is 9.93. The third-order valence-electron chi connectivity index (χ3n) is 4.94. The number of amides is 1. The third kappa shape index (κ3) is 4.65. The molecule has 1 amide bonds. The number of carbonyl (C=O) groups excluding carboxylic acids is 1. The Balaban J connectivity index is 1.51. The number of nitrogens with one attached hydrogen (secondary N) is 1. The molecule has 0 aliphatic rings. The Morgan fingerprint density at radius 1 is 1.12 bits per heavy atom. The summed E-state index contributed by atoms with van der Waals surface area (Å²) < 4.78 is 7.09. The number of aromatic carboxylic acids is 1. The lowest BCUT2D eigenvalue weighted by Gasteiger charge is -2.13. The van der Waals surface area contributed by atoms with Gasteiger partial charge in [-0.25, -0.2) is 20.9 Å². The van der Waals surface area contributed by atoms with Crippen molar-refractivity contribution in [2.24, 2.45) is 0 Å². The average molecular weight is 441 g/mol. The SMILES string of the molecule is [C-]#[N+]C(C)(C)c1cccc(C(=O)Nc2cccc(Oc3ccc4nc(C(=O)O)cn4n3)c2)c1. The number of fused-ring (bicyclic) bond motifs is 1. The van der Waals surface area contributed by atoms with Crippen LogP contribution in [0, 0.1) is 6.57 Å². The van der Waals surface area contributed by atoms with E-state index in [0.717, 1.165) is 5.56 Å². The van der Waals surface area contributed by atoms with Crippen LogP contribution in [0.2, 0.25) is 0 Å². The first kappa shape index (κ1) is 21.5. The van der Waals surface area contributed by atoms with Crippen molar-refractivity contribution >= 4 is 23.2 Å². The van der Waals surface area contributed by atoms with Crippen LogP contribution in [-0.4, -0.2) is 31.6 Å². The predicted molar refractivity (Wildman–Crippen MR) is 120 cm³/mol. The number of hydrogen-bond acceptors (Lipinski definition) is 5. The topological polar surface area (TPSA) is 110 Å². The minimum atomic E-state index is -1.14. The Labute approximate surface area is 189 Å². The lowest BCUT2D eigenvalue weighted by molar-refractivity contribution is 0.0691. The number of imidazole rings is 1. The first-order chi connectivity index (χ1) is 15.7. The quantitative estimate of drug-likeness (QED) is 0.422. The molecular weight excluding hydrogens is 422 g/mol. The van der Waals surface area contributed by atoms with Gasteiger partial charge in [-0.2, -0.15) is 0 Å². The van der Waals surface area contributed by atoms with E-state index in [1.807, 2.05) is 6.07 Å². The van der Waals surface area contributed by atoms with Gasteiger partial charge in [0, 0.05) is 42.8 Å². The molecule has 2 heterocycles. The number of hydrogen-bond donors (Lipinski definition) is 2. The molecule has 0 atom stereocenters. The molecule has 0 unspecified atom stereocenters. The van der Waals surface area contributed by atoms with Crippen LogP contribution in [0.3, 0.4) is 0 Å². The molecular formula is C24H19N5O4. The molecule has 9 heteroatoms. The highest BCUT2D eigenvalue weighted by Gasteiger charge is 2.26. The highest BCUT2D eigenvalue weighted by atomic mass is 16.5. The zero-order valence-corrected chi connectivity index (χ0v) is 17.8. The number of carbonyl (C=O) groups is 2. The number of carboxylic acids is 1. The van der Waals surface area contributed by atoms with Crippen molar-refractivity contribution in [3.8, 4) is 11.6 Å². The van der Waals surface area contributed by atoms with Gasteiger partial charge in [-0.3, -0.25) is 4.79 Å². The monoisotopic (exact) mass is 441 g/mol. The summed E-state index contributed by atoms with van der Waals surface area (Å²) in [5.74, 6) is -0.793. The first-order valence-electron chi connectivity index (χ1n) is 9.93. The van der Waals surface area contributed by atoms with E-state index in [1.54, 1.807) is 68.4 Å². The second-order valence-corrected chi connectivity index (χ2v) is 7.74. The molecule has 164 valence electrons. The molecule has 0 aliphatic heterocycles. The summed E-state index contributed by atoms with van der Waals surface area (Å²) in [6.45, 7) is 11.0. The Morgan fingerprint density at radius 3 is 2.67 bits per heavy atom. The van der Waals surface area contributed by atoms with Gasteiger partial charge in [-0.15, -0.1) is 5.10 Å². The fourth-order valence-corrected chi connectivity index (χ4v) is 3.09. The molecule has 0 saturated carbocycles. The van der Waals surface area contributed by atoms with E-state index in [4.69, 9.17) is 16.4 Å². The van der Waals surface area contributed by atoms with Crippen LogP contribution in [0.5, 0.6) is 11.6 Å². The molecule has 0 spiro atoms. The summed E-state index contributed by atoms with van der Waals surface area (Å²) in [7, 11) is 0. The number of nitrogens with zero attached hydrogens (tertiary/aromatic N) is 4. The molecule has 0 radical (unpaired) electrons. The number of carboxylic acid groups (broad SMARTS) is 1. The summed E-state index contributed by atoms with van der Waals surface area (Å²) in [5.41, 5.74) is 1.26. The summed E-state index contributed by atoms with van der Waals surface area (Å²) in [5, 5.41) is 16.1. The van der Waals surface area contributed by atoms with E-state index in [9.17, 15) is 9.59 Å². The summed E-state index contributed by atoms with van der Waals surface area (Å²) in [6, 6.07) is 17.0. The maximum Gasteiger partial charge on any atom is 0.356 e. The molecule has 0 fully saturated rings. The van der Waals surface area contributed by atoms with Crippen molar-refractivity contribution in [2.75, 3.05) is 5.32 Å². The van der Waals surface area contributed by atoms with Gasteiger partial charge in [0.05, 0.1) is 6.20 Å². The standard InChI is InChI=1S/C24H19N5O4/c1-24(2,25-3)16-7-4-6-15(12-16)22(30)26-17-8-5-9-18(13-17)33-21-11-10-20-27-19(23(31)32)14-29(20)28-21/h4-14H,1-2H3,(H,26,30)(H,31,32). The van der Waals surface area contributed by atoms with Crippen molar-refractivity contribution < 1.29 is 19.4 Å². The smallest absolute Gasteiger partial charge is 0.356 e. The minimum Gasteiger partial charge on any atom is -0.476 e. The van der Waals surface area contributed by atoms with Crippen LogP contribution < -0.4 is 10.1 Å². The summed E-state index contributed by atoms with van der Waals surface area (Å²) in [6.07, 6.45) is 1.30. The van der Waals surface area contributed by atoms with E-state index < -0.39 is 11.5 Å².